The molecular formula is C15H21N3O2. The minimum atomic E-state index is 0.195. The van der Waals surface area contributed by atoms with E-state index in [-0.39, 0.29) is 6.04 Å². The monoisotopic (exact) mass is 275 g/mol. The quantitative estimate of drug-likeness (QED) is 0.815. The molecule has 0 saturated carbocycles. The predicted octanol–water partition coefficient (Wildman–Crippen LogP) is 2.67. The Morgan fingerprint density at radius 3 is 2.75 bits per heavy atom. The van der Waals surface area contributed by atoms with E-state index < -0.39 is 0 Å². The highest BCUT2D eigenvalue weighted by Crippen LogP contribution is 2.30. The Balaban J connectivity index is 2.10. The van der Waals surface area contributed by atoms with Crippen LogP contribution in [0.1, 0.15) is 30.8 Å². The summed E-state index contributed by atoms with van der Waals surface area (Å²) in [6, 6.07) is 6.09. The van der Waals surface area contributed by atoms with Gasteiger partial charge in [-0.25, -0.2) is 4.98 Å². The predicted molar refractivity (Wildman–Crippen MR) is 78.0 cm³/mol. The van der Waals surface area contributed by atoms with Crippen LogP contribution in [0.5, 0.6) is 11.5 Å². The molecule has 1 aromatic carbocycles. The summed E-state index contributed by atoms with van der Waals surface area (Å²) in [7, 11) is 3.30. The second-order valence-electron chi connectivity index (χ2n) is 4.47. The van der Waals surface area contributed by atoms with Gasteiger partial charge in [0.05, 0.1) is 20.3 Å². The molecule has 1 aromatic heterocycles. The molecule has 0 saturated heterocycles. The van der Waals surface area contributed by atoms with Crippen molar-refractivity contribution in [3.05, 3.63) is 42.0 Å². The number of H-pyrrole nitrogens is 1. The van der Waals surface area contributed by atoms with Gasteiger partial charge in [-0.15, -0.1) is 0 Å². The van der Waals surface area contributed by atoms with Crippen molar-refractivity contribution >= 4 is 0 Å². The van der Waals surface area contributed by atoms with E-state index in [9.17, 15) is 0 Å². The van der Waals surface area contributed by atoms with E-state index in [0.717, 1.165) is 29.3 Å². The number of methoxy groups -OCH3 is 2. The molecule has 2 aromatic rings. The van der Waals surface area contributed by atoms with Gasteiger partial charge < -0.3 is 19.8 Å². The topological polar surface area (TPSA) is 59.2 Å². The standard InChI is InChI=1S/C15H21N3O2/c1-4-12(15-16-8-9-17-15)18-10-11-6-5-7-13(19-2)14(11)20-3/h5-9,12,18H,4,10H2,1-3H3,(H,16,17). The molecule has 20 heavy (non-hydrogen) atoms. The lowest BCUT2D eigenvalue weighted by atomic mass is 10.1. The third kappa shape index (κ3) is 3.11. The van der Waals surface area contributed by atoms with Gasteiger partial charge in [0.25, 0.3) is 0 Å². The number of nitrogens with one attached hydrogen (secondary N) is 2. The molecule has 0 bridgehead atoms. The molecule has 0 aliphatic rings. The van der Waals surface area contributed by atoms with Crippen molar-refractivity contribution in [2.75, 3.05) is 14.2 Å². The molecule has 0 aliphatic carbocycles. The number of aromatic amines is 1. The third-order valence-corrected chi connectivity index (χ3v) is 3.28. The highest BCUT2D eigenvalue weighted by molar-refractivity contribution is 5.46. The molecule has 0 amide bonds. The Bertz CT molecular complexity index is 526. The van der Waals surface area contributed by atoms with Crippen LogP contribution >= 0.6 is 0 Å². The Morgan fingerprint density at radius 1 is 1.30 bits per heavy atom. The maximum Gasteiger partial charge on any atom is 0.165 e. The highest BCUT2D eigenvalue weighted by Gasteiger charge is 2.14. The fraction of sp³-hybridized carbons (Fsp3) is 0.400. The number of benzene rings is 1. The van der Waals surface area contributed by atoms with Crippen molar-refractivity contribution in [3.8, 4) is 11.5 Å². The summed E-state index contributed by atoms with van der Waals surface area (Å²) in [6.07, 6.45) is 4.57. The summed E-state index contributed by atoms with van der Waals surface area (Å²) in [5, 5.41) is 3.48. The largest absolute Gasteiger partial charge is 0.493 e. The zero-order valence-electron chi connectivity index (χ0n) is 12.1. The van der Waals surface area contributed by atoms with Gasteiger partial charge >= 0.3 is 0 Å². The first-order chi connectivity index (χ1) is 9.80. The van der Waals surface area contributed by atoms with Crippen molar-refractivity contribution < 1.29 is 9.47 Å². The Kier molecular flexibility index (Phi) is 5.01. The lowest BCUT2D eigenvalue weighted by Crippen LogP contribution is -2.21. The molecule has 5 nitrogen and oxygen atoms in total. The van der Waals surface area contributed by atoms with Gasteiger partial charge in [0.1, 0.15) is 5.82 Å². The van der Waals surface area contributed by atoms with Crippen LogP contribution in [-0.2, 0) is 6.54 Å². The fourth-order valence-corrected chi connectivity index (χ4v) is 2.23. The van der Waals surface area contributed by atoms with Gasteiger partial charge in [-0.05, 0) is 12.5 Å². The average Bonchev–Trinajstić information content (AvgIpc) is 3.01. The second-order valence-corrected chi connectivity index (χ2v) is 4.47. The minimum Gasteiger partial charge on any atom is -0.493 e. The summed E-state index contributed by atoms with van der Waals surface area (Å²) in [5.74, 6) is 2.48. The number of aromatic nitrogens is 2. The normalized spacial score (nSPS) is 12.2. The van der Waals surface area contributed by atoms with Gasteiger partial charge in [-0.3, -0.25) is 0 Å². The molecule has 0 radical (unpaired) electrons. The summed E-state index contributed by atoms with van der Waals surface area (Å²) < 4.78 is 10.7. The second kappa shape index (κ2) is 6.96. The van der Waals surface area contributed by atoms with E-state index in [1.807, 2.05) is 24.4 Å². The van der Waals surface area contributed by atoms with E-state index in [1.54, 1.807) is 20.4 Å². The van der Waals surface area contributed by atoms with Crippen LogP contribution in [0.3, 0.4) is 0 Å². The first-order valence-corrected chi connectivity index (χ1v) is 6.72. The van der Waals surface area contributed by atoms with Gasteiger partial charge in [-0.2, -0.15) is 0 Å². The zero-order valence-corrected chi connectivity index (χ0v) is 12.1. The zero-order chi connectivity index (χ0) is 14.4. The number of para-hydroxylation sites is 1. The van der Waals surface area contributed by atoms with Crippen LogP contribution < -0.4 is 14.8 Å². The number of rotatable bonds is 7. The van der Waals surface area contributed by atoms with Crippen LogP contribution in [-0.4, -0.2) is 24.2 Å². The summed E-state index contributed by atoms with van der Waals surface area (Å²) in [4.78, 5) is 7.45. The molecule has 0 spiro atoms. The van der Waals surface area contributed by atoms with E-state index in [0.29, 0.717) is 6.54 Å². The lowest BCUT2D eigenvalue weighted by Gasteiger charge is -2.17. The molecule has 1 atom stereocenters. The van der Waals surface area contributed by atoms with Crippen molar-refractivity contribution in [1.29, 1.82) is 0 Å². The van der Waals surface area contributed by atoms with Crippen LogP contribution in [0.15, 0.2) is 30.6 Å². The number of ether oxygens (including phenoxy) is 2. The van der Waals surface area contributed by atoms with Crippen LogP contribution in [0, 0.1) is 0 Å². The lowest BCUT2D eigenvalue weighted by molar-refractivity contribution is 0.349. The van der Waals surface area contributed by atoms with E-state index >= 15 is 0 Å². The van der Waals surface area contributed by atoms with Crippen molar-refractivity contribution in [3.63, 3.8) is 0 Å². The molecule has 0 aliphatic heterocycles. The van der Waals surface area contributed by atoms with Gasteiger partial charge in [0.15, 0.2) is 11.5 Å². The maximum atomic E-state index is 5.44. The smallest absolute Gasteiger partial charge is 0.165 e. The molecule has 1 heterocycles. The van der Waals surface area contributed by atoms with E-state index in [1.165, 1.54) is 0 Å². The highest BCUT2D eigenvalue weighted by atomic mass is 16.5. The van der Waals surface area contributed by atoms with Crippen molar-refractivity contribution in [1.82, 2.24) is 15.3 Å². The fourth-order valence-electron chi connectivity index (χ4n) is 2.23. The van der Waals surface area contributed by atoms with Gasteiger partial charge in [0.2, 0.25) is 0 Å². The molecule has 2 N–H and O–H groups in total. The van der Waals surface area contributed by atoms with Crippen molar-refractivity contribution in [2.24, 2.45) is 0 Å². The summed E-state index contributed by atoms with van der Waals surface area (Å²) in [5.41, 5.74) is 1.07. The minimum absolute atomic E-state index is 0.195. The molecular weight excluding hydrogens is 254 g/mol. The number of hydrogen-bond donors (Lipinski definition) is 2. The van der Waals surface area contributed by atoms with Crippen LogP contribution in [0.2, 0.25) is 0 Å². The number of hydrogen-bond acceptors (Lipinski definition) is 4. The van der Waals surface area contributed by atoms with Gasteiger partial charge in [0, 0.05) is 24.5 Å². The molecule has 0 fully saturated rings. The molecule has 2 rings (SSSR count). The summed E-state index contributed by atoms with van der Waals surface area (Å²) in [6.45, 7) is 2.82. The van der Waals surface area contributed by atoms with Crippen LogP contribution in [0.4, 0.5) is 0 Å². The van der Waals surface area contributed by atoms with Crippen molar-refractivity contribution in [2.45, 2.75) is 25.9 Å². The Hall–Kier alpha value is -2.01. The maximum absolute atomic E-state index is 5.44. The Morgan fingerprint density at radius 2 is 2.15 bits per heavy atom. The Labute approximate surface area is 119 Å². The van der Waals surface area contributed by atoms with Crippen LogP contribution in [0.25, 0.3) is 0 Å². The summed E-state index contributed by atoms with van der Waals surface area (Å²) >= 11 is 0. The van der Waals surface area contributed by atoms with Gasteiger partial charge in [-0.1, -0.05) is 19.1 Å². The first kappa shape index (κ1) is 14.4. The molecule has 108 valence electrons. The SMILES string of the molecule is CCC(NCc1cccc(OC)c1OC)c1ncc[nH]1. The van der Waals surface area contributed by atoms with E-state index in [2.05, 4.69) is 22.2 Å². The molecule has 1 unspecified atom stereocenters. The first-order valence-electron chi connectivity index (χ1n) is 6.72. The third-order valence-electron chi connectivity index (χ3n) is 3.28. The van der Waals surface area contributed by atoms with E-state index in [4.69, 9.17) is 9.47 Å². The number of nitrogens with zero attached hydrogens (tertiary/aromatic N) is 1. The number of imidazole rings is 1. The average molecular weight is 275 g/mol. The molecule has 5 heteroatoms.